The summed E-state index contributed by atoms with van der Waals surface area (Å²) in [6, 6.07) is 7.76. The molecule has 4 nitrogen and oxygen atoms in total. The fourth-order valence-electron chi connectivity index (χ4n) is 2.93. The van der Waals surface area contributed by atoms with E-state index in [9.17, 15) is 4.79 Å². The van der Waals surface area contributed by atoms with Crippen molar-refractivity contribution in [2.45, 2.75) is 24.9 Å². The first kappa shape index (κ1) is 15.3. The Morgan fingerprint density at radius 3 is 2.75 bits per heavy atom. The Hall–Kier alpha value is -1.10. The van der Waals surface area contributed by atoms with Crippen LogP contribution in [0, 0.1) is 0 Å². The second-order valence-electron chi connectivity index (χ2n) is 5.20. The van der Waals surface area contributed by atoms with Crippen LogP contribution in [0.5, 0.6) is 0 Å². The Morgan fingerprint density at radius 2 is 2.15 bits per heavy atom. The number of carbonyl (C=O) groups is 1. The number of nitrogens with one attached hydrogen (secondary N) is 1. The molecule has 0 radical (unpaired) electrons. The number of hydrogen-bond donors (Lipinski definition) is 1. The summed E-state index contributed by atoms with van der Waals surface area (Å²) in [5.41, 5.74) is 0.601. The first-order valence-corrected chi connectivity index (χ1v) is 7.21. The van der Waals surface area contributed by atoms with E-state index in [1.165, 1.54) is 0 Å². The van der Waals surface area contributed by atoms with Crippen molar-refractivity contribution in [2.75, 3.05) is 27.3 Å². The van der Waals surface area contributed by atoms with Gasteiger partial charge < -0.3 is 10.1 Å². The number of ether oxygens (including phenoxy) is 1. The Kier molecular flexibility index (Phi) is 5.02. The molecule has 0 aromatic heterocycles. The number of carbonyl (C=O) groups excluding carboxylic acids is 1. The van der Waals surface area contributed by atoms with Crippen molar-refractivity contribution in [1.29, 1.82) is 0 Å². The van der Waals surface area contributed by atoms with Crippen molar-refractivity contribution < 1.29 is 9.53 Å². The lowest BCUT2D eigenvalue weighted by atomic mass is 9.95. The molecule has 1 heterocycles. The molecule has 1 saturated heterocycles. The molecule has 0 aliphatic carbocycles. The predicted molar refractivity (Wildman–Crippen MR) is 79.8 cm³/mol. The number of methoxy groups -OCH3 is 1. The minimum atomic E-state index is -0.552. The van der Waals surface area contributed by atoms with Crippen LogP contribution < -0.4 is 5.32 Å². The lowest BCUT2D eigenvalue weighted by Gasteiger charge is -2.36. The number of amides is 1. The van der Waals surface area contributed by atoms with Crippen LogP contribution in [0.1, 0.15) is 18.4 Å². The zero-order valence-corrected chi connectivity index (χ0v) is 12.7. The zero-order valence-electron chi connectivity index (χ0n) is 12.0. The van der Waals surface area contributed by atoms with Crippen LogP contribution in [-0.2, 0) is 16.1 Å². The van der Waals surface area contributed by atoms with Crippen molar-refractivity contribution in [3.8, 4) is 0 Å². The van der Waals surface area contributed by atoms with Crippen molar-refractivity contribution in [1.82, 2.24) is 10.2 Å². The molecule has 1 unspecified atom stereocenters. The number of benzene rings is 1. The van der Waals surface area contributed by atoms with Crippen LogP contribution >= 0.6 is 11.6 Å². The summed E-state index contributed by atoms with van der Waals surface area (Å²) in [6.07, 6.45) is 1.83. The number of nitrogens with zero attached hydrogens (tertiary/aromatic N) is 1. The Balaban J connectivity index is 2.19. The van der Waals surface area contributed by atoms with Crippen molar-refractivity contribution in [2.24, 2.45) is 0 Å². The van der Waals surface area contributed by atoms with Gasteiger partial charge in [0.25, 0.3) is 0 Å². The van der Waals surface area contributed by atoms with E-state index in [0.29, 0.717) is 6.61 Å². The molecule has 0 saturated carbocycles. The quantitative estimate of drug-likeness (QED) is 0.904. The maximum absolute atomic E-state index is 12.3. The fraction of sp³-hybridized carbons (Fsp3) is 0.533. The SMILES string of the molecule is CNC(=O)C1(COC)CCCN1Cc1ccc(Cl)cc1. The fourth-order valence-corrected chi connectivity index (χ4v) is 3.06. The number of likely N-dealkylation sites (tertiary alicyclic amines) is 1. The van der Waals surface area contributed by atoms with E-state index in [-0.39, 0.29) is 5.91 Å². The van der Waals surface area contributed by atoms with Crippen LogP contribution in [0.15, 0.2) is 24.3 Å². The lowest BCUT2D eigenvalue weighted by Crippen LogP contribution is -2.57. The van der Waals surface area contributed by atoms with Gasteiger partial charge in [0.15, 0.2) is 0 Å². The summed E-state index contributed by atoms with van der Waals surface area (Å²) in [4.78, 5) is 14.5. The third kappa shape index (κ3) is 2.97. The van der Waals surface area contributed by atoms with Gasteiger partial charge in [-0.1, -0.05) is 23.7 Å². The molecule has 20 heavy (non-hydrogen) atoms. The average Bonchev–Trinajstić information content (AvgIpc) is 2.85. The molecule has 2 rings (SSSR count). The highest BCUT2D eigenvalue weighted by Crippen LogP contribution is 2.31. The number of likely N-dealkylation sites (N-methyl/N-ethyl adjacent to an activating group) is 1. The number of halogens is 1. The summed E-state index contributed by atoms with van der Waals surface area (Å²) < 4.78 is 5.32. The average molecular weight is 297 g/mol. The lowest BCUT2D eigenvalue weighted by molar-refractivity contribution is -0.135. The third-order valence-electron chi connectivity index (χ3n) is 3.94. The number of rotatable bonds is 5. The van der Waals surface area contributed by atoms with E-state index >= 15 is 0 Å². The highest BCUT2D eigenvalue weighted by atomic mass is 35.5. The summed E-state index contributed by atoms with van der Waals surface area (Å²) in [7, 11) is 3.32. The highest BCUT2D eigenvalue weighted by Gasteiger charge is 2.46. The summed E-state index contributed by atoms with van der Waals surface area (Å²) in [5.74, 6) is 0.0332. The van der Waals surface area contributed by atoms with Crippen LogP contribution in [-0.4, -0.2) is 43.7 Å². The summed E-state index contributed by atoms with van der Waals surface area (Å²) in [5, 5.41) is 3.50. The second kappa shape index (κ2) is 6.57. The molecule has 110 valence electrons. The molecule has 1 N–H and O–H groups in total. The normalized spacial score (nSPS) is 22.9. The van der Waals surface area contributed by atoms with Gasteiger partial charge >= 0.3 is 0 Å². The summed E-state index contributed by atoms with van der Waals surface area (Å²) in [6.45, 7) is 2.05. The predicted octanol–water partition coefficient (Wildman–Crippen LogP) is 2.07. The van der Waals surface area contributed by atoms with Gasteiger partial charge in [0, 0.05) is 25.7 Å². The van der Waals surface area contributed by atoms with E-state index in [1.807, 2.05) is 24.3 Å². The monoisotopic (exact) mass is 296 g/mol. The van der Waals surface area contributed by atoms with Gasteiger partial charge in [-0.05, 0) is 37.1 Å². The Morgan fingerprint density at radius 1 is 1.45 bits per heavy atom. The molecule has 1 atom stereocenters. The van der Waals surface area contributed by atoms with E-state index < -0.39 is 5.54 Å². The first-order chi connectivity index (χ1) is 9.62. The van der Waals surface area contributed by atoms with Crippen molar-refractivity contribution >= 4 is 17.5 Å². The van der Waals surface area contributed by atoms with Gasteiger partial charge in [-0.3, -0.25) is 9.69 Å². The molecule has 5 heteroatoms. The molecule has 1 aromatic carbocycles. The molecule has 1 aliphatic rings. The van der Waals surface area contributed by atoms with Crippen molar-refractivity contribution in [3.05, 3.63) is 34.9 Å². The standard InChI is InChI=1S/C15H21ClN2O2/c1-17-14(19)15(11-20-2)8-3-9-18(15)10-12-4-6-13(16)7-5-12/h4-7H,3,8-11H2,1-2H3,(H,17,19). The van der Waals surface area contributed by atoms with Crippen molar-refractivity contribution in [3.63, 3.8) is 0 Å². The minimum absolute atomic E-state index is 0.0332. The van der Waals surface area contributed by atoms with Crippen LogP contribution in [0.2, 0.25) is 5.02 Å². The molecule has 1 aliphatic heterocycles. The molecule has 0 spiro atoms. The van der Waals surface area contributed by atoms with Gasteiger partial charge in [0.05, 0.1) is 6.61 Å². The second-order valence-corrected chi connectivity index (χ2v) is 5.63. The van der Waals surface area contributed by atoms with Gasteiger partial charge in [-0.25, -0.2) is 0 Å². The van der Waals surface area contributed by atoms with Gasteiger partial charge in [0.2, 0.25) is 5.91 Å². The highest BCUT2D eigenvalue weighted by molar-refractivity contribution is 6.30. The third-order valence-corrected chi connectivity index (χ3v) is 4.20. The van der Waals surface area contributed by atoms with Crippen LogP contribution in [0.25, 0.3) is 0 Å². The molecule has 1 fully saturated rings. The van der Waals surface area contributed by atoms with Gasteiger partial charge in [-0.2, -0.15) is 0 Å². The number of hydrogen-bond acceptors (Lipinski definition) is 3. The maximum Gasteiger partial charge on any atom is 0.242 e. The topological polar surface area (TPSA) is 41.6 Å². The minimum Gasteiger partial charge on any atom is -0.382 e. The zero-order chi connectivity index (χ0) is 14.6. The maximum atomic E-state index is 12.3. The van der Waals surface area contributed by atoms with Gasteiger partial charge in [-0.15, -0.1) is 0 Å². The van der Waals surface area contributed by atoms with E-state index in [2.05, 4.69) is 10.2 Å². The Bertz CT molecular complexity index is 463. The van der Waals surface area contributed by atoms with Crippen LogP contribution in [0.3, 0.4) is 0 Å². The summed E-state index contributed by atoms with van der Waals surface area (Å²) >= 11 is 5.91. The molecular weight excluding hydrogens is 276 g/mol. The molecular formula is C15H21ClN2O2. The smallest absolute Gasteiger partial charge is 0.242 e. The molecule has 1 aromatic rings. The Labute approximate surface area is 125 Å². The van der Waals surface area contributed by atoms with E-state index in [0.717, 1.165) is 36.5 Å². The molecule has 0 bridgehead atoms. The largest absolute Gasteiger partial charge is 0.382 e. The van der Waals surface area contributed by atoms with E-state index in [4.69, 9.17) is 16.3 Å². The molecule has 1 amide bonds. The van der Waals surface area contributed by atoms with Crippen LogP contribution in [0.4, 0.5) is 0 Å². The van der Waals surface area contributed by atoms with Gasteiger partial charge in [0.1, 0.15) is 5.54 Å². The van der Waals surface area contributed by atoms with E-state index in [1.54, 1.807) is 14.2 Å². The first-order valence-electron chi connectivity index (χ1n) is 6.83.